The molecule has 0 spiro atoms. The highest BCUT2D eigenvalue weighted by Gasteiger charge is 2.67. The number of amides is 2. The monoisotopic (exact) mass is 406 g/mol. The molecule has 1 aromatic rings. The first kappa shape index (κ1) is 20.3. The number of carboxylic acids is 2. The lowest BCUT2D eigenvalue weighted by molar-refractivity contribution is -0.258. The molecule has 3 atom stereocenters. The van der Waals surface area contributed by atoms with E-state index in [1.54, 1.807) is 0 Å². The fraction of sp³-hybridized carbons (Fsp3) is 0.333. The number of carbonyl (C=O) groups excluding carboxylic acids is 2. The Bertz CT molecular complexity index is 924. The topological polar surface area (TPSA) is 163 Å². The Hall–Kier alpha value is -3.44. The van der Waals surface area contributed by atoms with Gasteiger partial charge in [-0.15, -0.1) is 0 Å². The highest BCUT2D eigenvalue weighted by atomic mass is 16.6. The minimum atomic E-state index is -2.07. The fourth-order valence-electron chi connectivity index (χ4n) is 3.36. The van der Waals surface area contributed by atoms with Crippen molar-refractivity contribution in [3.63, 3.8) is 0 Å². The Kier molecular flexibility index (Phi) is 5.03. The molecule has 0 radical (unpaired) electrons. The molecule has 0 aliphatic carbocycles. The number of fused-ring (bicyclic) bond motifs is 1. The molecular weight excluding hydrogens is 388 g/mol. The van der Waals surface area contributed by atoms with E-state index in [2.05, 4.69) is 5.32 Å². The average molecular weight is 406 g/mol. The molecule has 154 valence electrons. The van der Waals surface area contributed by atoms with Gasteiger partial charge in [-0.05, 0) is 30.2 Å². The van der Waals surface area contributed by atoms with E-state index < -0.39 is 41.6 Å². The zero-order chi connectivity index (χ0) is 21.5. The Morgan fingerprint density at radius 1 is 1.28 bits per heavy atom. The van der Waals surface area contributed by atoms with Crippen molar-refractivity contribution in [1.29, 1.82) is 0 Å². The maximum Gasteiger partial charge on any atom is 0.352 e. The zero-order valence-electron chi connectivity index (χ0n) is 15.4. The standard InChI is InChI=1S/C18H18N2O9/c1-8-7-29-17-18(28-2,16(27)20(17)12(8)15(25)26)19-13(22)11(14(23)24)9-3-5-10(21)6-4-9/h3-6,11,17,21H,7H2,1-2H3,(H,19,22)(H,23,24)(H,25,26). The minimum absolute atomic E-state index is 0.0641. The second kappa shape index (κ2) is 7.18. The number of phenols is 1. The van der Waals surface area contributed by atoms with E-state index in [4.69, 9.17) is 9.47 Å². The Morgan fingerprint density at radius 3 is 2.41 bits per heavy atom. The van der Waals surface area contributed by atoms with Crippen LogP contribution in [-0.4, -0.2) is 69.6 Å². The molecule has 1 aromatic carbocycles. The number of benzene rings is 1. The second-order valence-corrected chi connectivity index (χ2v) is 6.56. The van der Waals surface area contributed by atoms with Crippen LogP contribution in [0.1, 0.15) is 18.4 Å². The largest absolute Gasteiger partial charge is 0.508 e. The summed E-state index contributed by atoms with van der Waals surface area (Å²) in [6.45, 7) is 1.38. The van der Waals surface area contributed by atoms with Crippen LogP contribution in [0.2, 0.25) is 0 Å². The van der Waals surface area contributed by atoms with Gasteiger partial charge >= 0.3 is 11.9 Å². The second-order valence-electron chi connectivity index (χ2n) is 6.56. The Labute approximate surface area is 164 Å². The van der Waals surface area contributed by atoms with Crippen LogP contribution in [-0.2, 0) is 28.7 Å². The molecular formula is C18H18N2O9. The number of hydrogen-bond acceptors (Lipinski definition) is 7. The molecule has 29 heavy (non-hydrogen) atoms. The normalized spacial score (nSPS) is 24.4. The molecule has 4 N–H and O–H groups in total. The predicted molar refractivity (Wildman–Crippen MR) is 93.3 cm³/mol. The van der Waals surface area contributed by atoms with Gasteiger partial charge in [0.2, 0.25) is 5.91 Å². The van der Waals surface area contributed by atoms with E-state index >= 15 is 0 Å². The summed E-state index contributed by atoms with van der Waals surface area (Å²) >= 11 is 0. The summed E-state index contributed by atoms with van der Waals surface area (Å²) in [4.78, 5) is 49.5. The molecule has 2 heterocycles. The number of nitrogens with zero attached hydrogens (tertiary/aromatic N) is 1. The van der Waals surface area contributed by atoms with Gasteiger partial charge in [0.05, 0.1) is 6.61 Å². The SMILES string of the molecule is COC1(NC(=O)C(C(=O)O)c2ccc(O)cc2)C(=O)N2C(C(=O)O)=C(C)COC21. The van der Waals surface area contributed by atoms with Crippen LogP contribution < -0.4 is 5.32 Å². The molecule has 11 heteroatoms. The smallest absolute Gasteiger partial charge is 0.352 e. The molecule has 3 unspecified atom stereocenters. The van der Waals surface area contributed by atoms with Crippen LogP contribution in [0.4, 0.5) is 0 Å². The average Bonchev–Trinajstić information content (AvgIpc) is 2.66. The molecule has 2 aliphatic rings. The van der Waals surface area contributed by atoms with Crippen LogP contribution in [0.25, 0.3) is 0 Å². The quantitative estimate of drug-likeness (QED) is 0.279. The van der Waals surface area contributed by atoms with Crippen LogP contribution in [0.15, 0.2) is 35.5 Å². The van der Waals surface area contributed by atoms with E-state index in [0.29, 0.717) is 5.57 Å². The summed E-state index contributed by atoms with van der Waals surface area (Å²) in [5.74, 6) is -6.61. The van der Waals surface area contributed by atoms with E-state index in [0.717, 1.165) is 12.0 Å². The summed E-state index contributed by atoms with van der Waals surface area (Å²) in [6.07, 6.45) is -1.27. The van der Waals surface area contributed by atoms with Crippen LogP contribution in [0.3, 0.4) is 0 Å². The van der Waals surface area contributed by atoms with Gasteiger partial charge < -0.3 is 30.1 Å². The van der Waals surface area contributed by atoms with E-state index in [-0.39, 0.29) is 23.6 Å². The summed E-state index contributed by atoms with van der Waals surface area (Å²) < 4.78 is 10.7. The maximum atomic E-state index is 12.7. The molecule has 3 rings (SSSR count). The Morgan fingerprint density at radius 2 is 1.90 bits per heavy atom. The van der Waals surface area contributed by atoms with E-state index in [1.807, 2.05) is 0 Å². The van der Waals surface area contributed by atoms with Gasteiger partial charge in [-0.1, -0.05) is 12.1 Å². The third-order valence-corrected chi connectivity index (χ3v) is 4.79. The lowest BCUT2D eigenvalue weighted by Gasteiger charge is -2.55. The van der Waals surface area contributed by atoms with Gasteiger partial charge in [0.25, 0.3) is 11.6 Å². The number of methoxy groups -OCH3 is 1. The molecule has 0 aromatic heterocycles. The first-order valence-electron chi connectivity index (χ1n) is 8.41. The summed E-state index contributed by atoms with van der Waals surface area (Å²) in [7, 11) is 1.11. The summed E-state index contributed by atoms with van der Waals surface area (Å²) in [5.41, 5.74) is -1.97. The minimum Gasteiger partial charge on any atom is -0.508 e. The summed E-state index contributed by atoms with van der Waals surface area (Å²) in [5, 5.41) is 30.5. The molecule has 2 aliphatic heterocycles. The molecule has 11 nitrogen and oxygen atoms in total. The summed E-state index contributed by atoms with van der Waals surface area (Å²) in [6, 6.07) is 4.96. The maximum absolute atomic E-state index is 12.7. The lowest BCUT2D eigenvalue weighted by Crippen LogP contribution is -2.82. The van der Waals surface area contributed by atoms with Crippen molar-refractivity contribution in [2.24, 2.45) is 0 Å². The molecule has 1 fully saturated rings. The lowest BCUT2D eigenvalue weighted by atomic mass is 9.92. The van der Waals surface area contributed by atoms with Gasteiger partial charge in [0.15, 0.2) is 12.1 Å². The van der Waals surface area contributed by atoms with Crippen molar-refractivity contribution in [2.75, 3.05) is 13.7 Å². The van der Waals surface area contributed by atoms with Gasteiger partial charge in [0, 0.05) is 7.11 Å². The number of aliphatic carboxylic acids is 2. The number of ether oxygens (including phenoxy) is 2. The number of nitrogens with one attached hydrogen (secondary N) is 1. The van der Waals surface area contributed by atoms with E-state index in [1.165, 1.54) is 31.2 Å². The third kappa shape index (κ3) is 3.09. The van der Waals surface area contributed by atoms with Gasteiger partial charge in [-0.2, -0.15) is 0 Å². The Balaban J connectivity index is 1.90. The van der Waals surface area contributed by atoms with Crippen molar-refractivity contribution in [2.45, 2.75) is 24.8 Å². The number of aromatic hydroxyl groups is 1. The highest BCUT2D eigenvalue weighted by molar-refractivity contribution is 6.07. The fourth-order valence-corrected chi connectivity index (χ4v) is 3.36. The van der Waals surface area contributed by atoms with Crippen LogP contribution in [0, 0.1) is 0 Å². The first-order chi connectivity index (χ1) is 13.6. The number of rotatable bonds is 6. The number of carboxylic acid groups (broad SMARTS) is 2. The molecule has 0 saturated carbocycles. The molecule has 1 saturated heterocycles. The molecule has 2 amide bonds. The predicted octanol–water partition coefficient (Wildman–Crippen LogP) is -0.424. The zero-order valence-corrected chi connectivity index (χ0v) is 15.4. The number of phenolic OH excluding ortho intramolecular Hbond substituents is 1. The van der Waals surface area contributed by atoms with Crippen molar-refractivity contribution in [1.82, 2.24) is 10.2 Å². The van der Waals surface area contributed by atoms with Crippen molar-refractivity contribution < 1.29 is 44.0 Å². The number of β-lactam (4-membered cyclic amide) rings is 1. The number of carbonyl (C=O) groups is 4. The number of hydrogen-bond donors (Lipinski definition) is 4. The molecule has 0 bridgehead atoms. The first-order valence-corrected chi connectivity index (χ1v) is 8.41. The van der Waals surface area contributed by atoms with Gasteiger partial charge in [-0.25, -0.2) is 4.79 Å². The van der Waals surface area contributed by atoms with Crippen molar-refractivity contribution >= 4 is 23.8 Å². The van der Waals surface area contributed by atoms with Crippen LogP contribution in [0.5, 0.6) is 5.75 Å². The van der Waals surface area contributed by atoms with Gasteiger partial charge in [0.1, 0.15) is 11.4 Å². The third-order valence-electron chi connectivity index (χ3n) is 4.79. The van der Waals surface area contributed by atoms with Crippen LogP contribution >= 0.6 is 0 Å². The van der Waals surface area contributed by atoms with Crippen molar-refractivity contribution in [3.8, 4) is 5.75 Å². The van der Waals surface area contributed by atoms with Gasteiger partial charge in [-0.3, -0.25) is 19.3 Å². The highest BCUT2D eigenvalue weighted by Crippen LogP contribution is 2.40. The van der Waals surface area contributed by atoms with E-state index in [9.17, 15) is 34.5 Å². The van der Waals surface area contributed by atoms with Crippen molar-refractivity contribution in [3.05, 3.63) is 41.1 Å².